The van der Waals surface area contributed by atoms with E-state index in [4.69, 9.17) is 4.42 Å². The minimum Gasteiger partial charge on any atom is -0.472 e. The topological polar surface area (TPSA) is 71.3 Å². The zero-order valence-corrected chi connectivity index (χ0v) is 10.8. The largest absolute Gasteiger partial charge is 0.472 e. The van der Waals surface area contributed by atoms with E-state index in [0.717, 1.165) is 11.1 Å². The first kappa shape index (κ1) is 12.5. The lowest BCUT2D eigenvalue weighted by Crippen LogP contribution is -2.34. The molecule has 2 amide bonds. The predicted molar refractivity (Wildman–Crippen MR) is 73.0 cm³/mol. The van der Waals surface area contributed by atoms with Gasteiger partial charge < -0.3 is 15.1 Å². The highest BCUT2D eigenvalue weighted by atomic mass is 16.3. The summed E-state index contributed by atoms with van der Waals surface area (Å²) in [7, 11) is 0. The van der Waals surface area contributed by atoms with Crippen LogP contribution in [0.15, 0.2) is 47.3 Å². The van der Waals surface area contributed by atoms with Crippen LogP contribution in [0.4, 0.5) is 5.69 Å². The van der Waals surface area contributed by atoms with Crippen LogP contribution >= 0.6 is 0 Å². The zero-order chi connectivity index (χ0) is 13.9. The van der Waals surface area contributed by atoms with Gasteiger partial charge in [0.2, 0.25) is 11.8 Å². The first-order valence-electron chi connectivity index (χ1n) is 6.41. The maximum absolute atomic E-state index is 12.3. The standard InChI is InChI=1S/C15H14N2O3/c18-14-7-12(11-3-1-2-4-13(11)17-14)15(19)16-8-10-5-6-20-9-10/h1-6,9,12H,7-8H2,(H,16,19)(H,17,18). The molecule has 2 N–H and O–H groups in total. The van der Waals surface area contributed by atoms with Crippen molar-refractivity contribution in [3.63, 3.8) is 0 Å². The fraction of sp³-hybridized carbons (Fsp3) is 0.200. The first-order chi connectivity index (χ1) is 9.74. The average molecular weight is 270 g/mol. The summed E-state index contributed by atoms with van der Waals surface area (Å²) in [5.74, 6) is -0.715. The number of hydrogen-bond donors (Lipinski definition) is 2. The minimum atomic E-state index is -0.438. The number of nitrogens with one attached hydrogen (secondary N) is 2. The molecule has 0 saturated carbocycles. The van der Waals surface area contributed by atoms with Crippen LogP contribution in [0.5, 0.6) is 0 Å². The lowest BCUT2D eigenvalue weighted by molar-refractivity contribution is -0.126. The quantitative estimate of drug-likeness (QED) is 0.896. The third-order valence-corrected chi connectivity index (χ3v) is 3.36. The van der Waals surface area contributed by atoms with Crippen LogP contribution in [0, 0.1) is 0 Å². The van der Waals surface area contributed by atoms with E-state index >= 15 is 0 Å². The molecule has 1 atom stereocenters. The van der Waals surface area contributed by atoms with E-state index in [9.17, 15) is 9.59 Å². The number of anilines is 1. The van der Waals surface area contributed by atoms with Crippen molar-refractivity contribution in [2.24, 2.45) is 0 Å². The van der Waals surface area contributed by atoms with Gasteiger partial charge in [-0.2, -0.15) is 0 Å². The maximum atomic E-state index is 12.3. The van der Waals surface area contributed by atoms with Crippen LogP contribution in [-0.4, -0.2) is 11.8 Å². The van der Waals surface area contributed by atoms with Crippen molar-refractivity contribution in [2.45, 2.75) is 18.9 Å². The second-order valence-corrected chi connectivity index (χ2v) is 4.74. The maximum Gasteiger partial charge on any atom is 0.228 e. The number of rotatable bonds is 3. The third-order valence-electron chi connectivity index (χ3n) is 3.36. The van der Waals surface area contributed by atoms with Gasteiger partial charge in [0, 0.05) is 24.2 Å². The third kappa shape index (κ3) is 2.42. The Morgan fingerprint density at radius 2 is 2.20 bits per heavy atom. The number of para-hydroxylation sites is 1. The molecule has 0 saturated heterocycles. The Labute approximate surface area is 116 Å². The van der Waals surface area contributed by atoms with Crippen molar-refractivity contribution in [1.82, 2.24) is 5.32 Å². The Kier molecular flexibility index (Phi) is 3.25. The summed E-state index contributed by atoms with van der Waals surface area (Å²) < 4.78 is 4.95. The van der Waals surface area contributed by atoms with Gasteiger partial charge in [0.05, 0.1) is 18.4 Å². The van der Waals surface area contributed by atoms with Gasteiger partial charge in [0.15, 0.2) is 0 Å². The van der Waals surface area contributed by atoms with Crippen molar-refractivity contribution in [1.29, 1.82) is 0 Å². The minimum absolute atomic E-state index is 0.132. The number of carbonyl (C=O) groups excluding carboxylic acids is 2. The van der Waals surface area contributed by atoms with Gasteiger partial charge in [-0.3, -0.25) is 9.59 Å². The molecule has 2 heterocycles. The molecular formula is C15H14N2O3. The van der Waals surface area contributed by atoms with Gasteiger partial charge >= 0.3 is 0 Å². The lowest BCUT2D eigenvalue weighted by Gasteiger charge is -2.24. The molecule has 0 spiro atoms. The zero-order valence-electron chi connectivity index (χ0n) is 10.8. The van der Waals surface area contributed by atoms with Gasteiger partial charge in [-0.05, 0) is 17.7 Å². The van der Waals surface area contributed by atoms with E-state index in [2.05, 4.69) is 10.6 Å². The number of carbonyl (C=O) groups is 2. The predicted octanol–water partition coefficient (Wildman–Crippen LogP) is 2.02. The van der Waals surface area contributed by atoms with Gasteiger partial charge in [-0.1, -0.05) is 18.2 Å². The smallest absolute Gasteiger partial charge is 0.228 e. The highest BCUT2D eigenvalue weighted by Crippen LogP contribution is 2.31. The molecule has 1 aliphatic rings. The normalized spacial score (nSPS) is 17.2. The number of benzene rings is 1. The molecule has 5 nitrogen and oxygen atoms in total. The second kappa shape index (κ2) is 5.21. The fourth-order valence-corrected chi connectivity index (χ4v) is 2.35. The van der Waals surface area contributed by atoms with Crippen LogP contribution in [-0.2, 0) is 16.1 Å². The molecule has 5 heteroatoms. The van der Waals surface area contributed by atoms with Crippen LogP contribution < -0.4 is 10.6 Å². The molecule has 0 bridgehead atoms. The molecule has 20 heavy (non-hydrogen) atoms. The van der Waals surface area contributed by atoms with Crippen molar-refractivity contribution in [3.05, 3.63) is 54.0 Å². The Hall–Kier alpha value is -2.56. The lowest BCUT2D eigenvalue weighted by atomic mass is 9.90. The van der Waals surface area contributed by atoms with Crippen LogP contribution in [0.2, 0.25) is 0 Å². The van der Waals surface area contributed by atoms with Gasteiger partial charge in [-0.25, -0.2) is 0 Å². The van der Waals surface area contributed by atoms with Gasteiger partial charge in [-0.15, -0.1) is 0 Å². The fourth-order valence-electron chi connectivity index (χ4n) is 2.35. The van der Waals surface area contributed by atoms with E-state index in [1.54, 1.807) is 18.6 Å². The molecule has 102 valence electrons. The van der Waals surface area contributed by atoms with Crippen molar-refractivity contribution >= 4 is 17.5 Å². The summed E-state index contributed by atoms with van der Waals surface area (Å²) in [5, 5.41) is 5.62. The summed E-state index contributed by atoms with van der Waals surface area (Å²) in [6, 6.07) is 9.18. The summed E-state index contributed by atoms with van der Waals surface area (Å²) in [4.78, 5) is 23.9. The SMILES string of the molecule is O=C1CC(C(=O)NCc2ccoc2)c2ccccc2N1. The molecule has 1 unspecified atom stereocenters. The molecule has 0 radical (unpaired) electrons. The van der Waals surface area contributed by atoms with E-state index in [-0.39, 0.29) is 18.2 Å². The average Bonchev–Trinajstić information content (AvgIpc) is 2.97. The Bertz CT molecular complexity index is 634. The number of fused-ring (bicyclic) bond motifs is 1. The second-order valence-electron chi connectivity index (χ2n) is 4.74. The van der Waals surface area contributed by atoms with E-state index in [1.807, 2.05) is 24.3 Å². The van der Waals surface area contributed by atoms with E-state index in [1.165, 1.54) is 0 Å². The Morgan fingerprint density at radius 1 is 1.35 bits per heavy atom. The highest BCUT2D eigenvalue weighted by Gasteiger charge is 2.30. The molecule has 1 aromatic carbocycles. The number of furan rings is 1. The molecular weight excluding hydrogens is 256 g/mol. The Balaban J connectivity index is 1.76. The molecule has 2 aromatic rings. The first-order valence-corrected chi connectivity index (χ1v) is 6.41. The van der Waals surface area contributed by atoms with E-state index in [0.29, 0.717) is 12.2 Å². The molecule has 3 rings (SSSR count). The Morgan fingerprint density at radius 3 is 3.00 bits per heavy atom. The molecule has 1 aliphatic heterocycles. The van der Waals surface area contributed by atoms with Crippen LogP contribution in [0.25, 0.3) is 0 Å². The highest BCUT2D eigenvalue weighted by molar-refractivity contribution is 6.01. The molecule has 0 fully saturated rings. The summed E-state index contributed by atoms with van der Waals surface area (Å²) >= 11 is 0. The van der Waals surface area contributed by atoms with Crippen molar-refractivity contribution in [2.75, 3.05) is 5.32 Å². The summed E-state index contributed by atoms with van der Waals surface area (Å²) in [6.45, 7) is 0.398. The number of amides is 2. The summed E-state index contributed by atoms with van der Waals surface area (Å²) in [6.07, 6.45) is 3.32. The van der Waals surface area contributed by atoms with Crippen molar-refractivity contribution < 1.29 is 14.0 Å². The van der Waals surface area contributed by atoms with Crippen LogP contribution in [0.3, 0.4) is 0 Å². The monoisotopic (exact) mass is 270 g/mol. The van der Waals surface area contributed by atoms with Crippen molar-refractivity contribution in [3.8, 4) is 0 Å². The summed E-state index contributed by atoms with van der Waals surface area (Å²) in [5.41, 5.74) is 2.47. The van der Waals surface area contributed by atoms with E-state index < -0.39 is 5.92 Å². The van der Waals surface area contributed by atoms with Gasteiger partial charge in [0.25, 0.3) is 0 Å². The van der Waals surface area contributed by atoms with Crippen LogP contribution in [0.1, 0.15) is 23.5 Å². The number of hydrogen-bond acceptors (Lipinski definition) is 3. The molecule has 0 aliphatic carbocycles. The van der Waals surface area contributed by atoms with Gasteiger partial charge in [0.1, 0.15) is 0 Å². The molecule has 1 aromatic heterocycles.